The number of benzene rings is 17. The van der Waals surface area contributed by atoms with Gasteiger partial charge in [-0.1, -0.05) is 274 Å². The lowest BCUT2D eigenvalue weighted by atomic mass is 9.80. The molecule has 20 rings (SSSR count). The molecule has 1 unspecified atom stereocenters. The second-order valence-corrected chi connectivity index (χ2v) is 21.2. The summed E-state index contributed by atoms with van der Waals surface area (Å²) in [6.07, 6.45) is 0. The van der Waals surface area contributed by atoms with Crippen LogP contribution in [0.15, 0.2) is 323 Å². The van der Waals surface area contributed by atoms with Gasteiger partial charge in [0.1, 0.15) is 22.3 Å². The summed E-state index contributed by atoms with van der Waals surface area (Å²) in [4.78, 5) is 0. The molecule has 1 aliphatic carbocycles. The first-order chi connectivity index (χ1) is 68.4. The predicted octanol–water partition coefficient (Wildman–Crippen LogP) is 25.9. The first-order valence-corrected chi connectivity index (χ1v) is 27.9. The maximum atomic E-state index is 10.0. The smallest absolute Gasteiger partial charge is 0.135 e. The van der Waals surface area contributed by atoms with Crippen LogP contribution in [0, 0.1) is 0 Å². The summed E-state index contributed by atoms with van der Waals surface area (Å²) in [7, 11) is 0. The van der Waals surface area contributed by atoms with Gasteiger partial charge in [0.2, 0.25) is 0 Å². The van der Waals surface area contributed by atoms with E-state index in [2.05, 4.69) is 0 Å². The molecule has 2 aromatic heterocycles. The highest BCUT2D eigenvalue weighted by Gasteiger charge is 2.36. The lowest BCUT2D eigenvalue weighted by Crippen LogP contribution is -2.15. The molecule has 1 atom stereocenters. The van der Waals surface area contributed by atoms with E-state index < -0.39 is 518 Å². The van der Waals surface area contributed by atoms with Gasteiger partial charge in [-0.25, -0.2) is 0 Å². The van der Waals surface area contributed by atoms with Crippen molar-refractivity contribution in [1.29, 1.82) is 0 Å². The van der Waals surface area contributed by atoms with Crippen molar-refractivity contribution in [3.05, 3.63) is 325 Å². The van der Waals surface area contributed by atoms with Crippen molar-refractivity contribution in [1.82, 2.24) is 0 Å². The third kappa shape index (κ3) is 8.15. The average Bonchev–Trinajstić information content (AvgIpc) is 1.66. The fourth-order valence-corrected chi connectivity index (χ4v) is 12.2. The van der Waals surface area contributed by atoms with E-state index in [0.29, 0.717) is 0 Å². The molecule has 0 spiro atoms. The first-order valence-electron chi connectivity index (χ1n) is 54.9. The van der Waals surface area contributed by atoms with Gasteiger partial charge < -0.3 is 8.83 Å². The minimum Gasteiger partial charge on any atom is -0.456 e. The molecule has 93 heavy (non-hydrogen) atoms. The normalized spacial score (nSPS) is 22.0. The van der Waals surface area contributed by atoms with Crippen molar-refractivity contribution in [2.24, 2.45) is 0 Å². The van der Waals surface area contributed by atoms with Crippen LogP contribution in [0.5, 0.6) is 0 Å². The van der Waals surface area contributed by atoms with Crippen molar-refractivity contribution in [2.45, 2.75) is 19.2 Å². The number of rotatable bonds is 5. The Hall–Kier alpha value is -11.8. The predicted molar refractivity (Wildman–Crippen MR) is 395 cm³/mol. The van der Waals surface area contributed by atoms with Crippen molar-refractivity contribution in [2.75, 3.05) is 0 Å². The number of fused-ring (bicyclic) bond motifs is 18. The van der Waals surface area contributed by atoms with Gasteiger partial charge in [-0.05, 0) is 208 Å². The Morgan fingerprint density at radius 2 is 0.656 bits per heavy atom. The maximum absolute atomic E-state index is 10.0. The lowest BCUT2D eigenvalue weighted by Gasteiger charge is -2.23. The highest BCUT2D eigenvalue weighted by Crippen LogP contribution is 2.54. The molecule has 0 saturated heterocycles. The summed E-state index contributed by atoms with van der Waals surface area (Å²) in [6.45, 7) is -2.24. The molecule has 0 radical (unpaired) electrons. The molecule has 1 aliphatic rings. The summed E-state index contributed by atoms with van der Waals surface area (Å²) in [6, 6.07) is -44.1. The average molecular weight is 1240 g/mol. The largest absolute Gasteiger partial charge is 0.456 e. The van der Waals surface area contributed by atoms with Crippen LogP contribution < -0.4 is 0 Å². The molecule has 2 heterocycles. The van der Waals surface area contributed by atoms with Crippen LogP contribution in [0.2, 0.25) is 0 Å². The zero-order chi connectivity index (χ0) is 108. The Morgan fingerprint density at radius 1 is 0.258 bits per heavy atom. The van der Waals surface area contributed by atoms with Gasteiger partial charge in [-0.15, -0.1) is 0 Å². The zero-order valence-electron chi connectivity index (χ0n) is 101. The summed E-state index contributed by atoms with van der Waals surface area (Å²) in [5.74, 6) is 0. The van der Waals surface area contributed by atoms with Gasteiger partial charge in [0.15, 0.2) is 0 Å². The van der Waals surface area contributed by atoms with E-state index in [9.17, 15) is 27.4 Å². The molecule has 0 bridgehead atoms. The van der Waals surface area contributed by atoms with Crippen LogP contribution >= 0.6 is 0 Å². The molecule has 0 N–H and O–H groups in total. The zero-order valence-corrected chi connectivity index (χ0v) is 46.9. The molecule has 19 aromatic rings. The third-order valence-corrected chi connectivity index (χ3v) is 16.2. The topological polar surface area (TPSA) is 26.3 Å². The minimum absolute atomic E-state index is 0.419. The second kappa shape index (κ2) is 20.6. The fraction of sp³-hybridized carbons (Fsp3) is 0.0330. The minimum atomic E-state index is -3.33. The van der Waals surface area contributed by atoms with Crippen molar-refractivity contribution >= 4 is 119 Å². The van der Waals surface area contributed by atoms with Crippen LogP contribution in [0.3, 0.4) is 0 Å². The molecule has 0 saturated carbocycles. The highest BCUT2D eigenvalue weighted by atomic mass is 16.3. The number of para-hydroxylation sites is 2. The lowest BCUT2D eigenvalue weighted by molar-refractivity contribution is 0.661. The quantitative estimate of drug-likeness (QED) is 0.127. The Morgan fingerprint density at radius 3 is 1.19 bits per heavy atom. The van der Waals surface area contributed by atoms with Crippen LogP contribution in [-0.4, -0.2) is 0 Å². The van der Waals surface area contributed by atoms with Crippen molar-refractivity contribution in [3.63, 3.8) is 0 Å². The van der Waals surface area contributed by atoms with Crippen LogP contribution in [0.25, 0.3) is 186 Å². The number of furan rings is 2. The molecular formula is C91H58O2. The van der Waals surface area contributed by atoms with Crippen molar-refractivity contribution in [3.8, 4) is 66.8 Å². The molecule has 0 aliphatic heterocycles. The molecule has 0 amide bonds. The highest BCUT2D eigenvalue weighted by molar-refractivity contribution is 6.29. The Balaban J connectivity index is 0.000000186. The summed E-state index contributed by atoms with van der Waals surface area (Å²) >= 11 is 0. The monoisotopic (exact) mass is 1240 g/mol. The Bertz CT molecular complexity index is 9480. The molecule has 434 valence electrons. The number of hydrogen-bond donors (Lipinski definition) is 0. The van der Waals surface area contributed by atoms with Gasteiger partial charge in [0.25, 0.3) is 0 Å². The van der Waals surface area contributed by atoms with Crippen molar-refractivity contribution < 1.29 is 82.9 Å². The molecule has 2 nitrogen and oxygen atoms in total. The van der Waals surface area contributed by atoms with Gasteiger partial charge in [0, 0.05) is 31.1 Å². The van der Waals surface area contributed by atoms with Gasteiger partial charge in [0.05, 0.1) is 69.9 Å². The second-order valence-electron chi connectivity index (χ2n) is 21.2. The first kappa shape index (κ1) is 22.2. The van der Waals surface area contributed by atoms with E-state index in [-0.39, 0.29) is 0 Å². The molecule has 17 aromatic carbocycles. The SMILES string of the molecule is [2H]c1c(-c2c3c([2H])c([2H])c([2H])c([2H])c3c(-c3c([2H])c([2H])c4oc5c([2H])c([2H])c([2H])c([2H])c5c4c3[2H])c3c([2H])c([2H])c([2H])c([2H])c23)cc2c(c1[2H])-c1c([2H])c([2H])c(-c3c([2H])c([2H])c([2H])c([2H])c3[2H])c([2H])c1C2(C)C([2H])([2H])[2H].[2H]c1c([2H])c([2H])c2c(oc3c([2H])c([2H])c(-c4c5c([2H])c([2H])c([2H])c([2H])c5c(-c5c([2H])c6c([2H])c([2H])c7c([2H])c([2H])c([2H])c([2H])c7c6c6c([2H])c([2H])c([2H])c([2H])c56)c5c([2H])c([2H])c([2H])c([2H])c45)c([2H])c32)c1[2H]. The summed E-state index contributed by atoms with van der Waals surface area (Å²) < 4.78 is 499. The fourth-order valence-electron chi connectivity index (χ4n) is 12.2. The van der Waals surface area contributed by atoms with E-state index in [1.807, 2.05) is 0 Å². The molecule has 0 fully saturated rings. The summed E-state index contributed by atoms with van der Waals surface area (Å²) in [5, 5.41) is -10.8. The van der Waals surface area contributed by atoms with E-state index in [1.54, 1.807) is 0 Å². The molecule has 2 heteroatoms. The Kier molecular flexibility index (Phi) is 4.92. The van der Waals surface area contributed by atoms with Gasteiger partial charge in [-0.2, -0.15) is 0 Å². The van der Waals surface area contributed by atoms with Gasteiger partial charge >= 0.3 is 0 Å². The number of hydrogen-bond acceptors (Lipinski definition) is 2. The summed E-state index contributed by atoms with van der Waals surface area (Å²) in [5.41, 5.74) is -13.6. The van der Waals surface area contributed by atoms with E-state index in [1.165, 1.54) is 0 Å². The van der Waals surface area contributed by atoms with E-state index in [4.69, 9.17) is 55.4 Å². The van der Waals surface area contributed by atoms with E-state index in [0.717, 1.165) is 13.0 Å². The van der Waals surface area contributed by atoms with E-state index >= 15 is 0 Å². The van der Waals surface area contributed by atoms with Crippen LogP contribution in [0.4, 0.5) is 0 Å². The molecular weight excluding hydrogens is 1120 g/mol. The standard InChI is InChI=1S/C47H32O.C44H26O/c1-47(2)41-27-30(29-12-4-3-5-13-29)20-23-33(41)34-24-21-32(28-42(34)47)46-38-17-8-6-15-36(38)45(37-16-7-9-18-39(37)46)31-22-25-44-40(26-31)35-14-10-11-19-43(35)48-44;1-2-12-30-27(11-1)21-22-28-26-39(31-13-3-4-15-33(31)42(28)30)44-36-18-7-5-16-34(36)43(35-17-6-8-19-37(35)44)29-23-24-41-38(25-29)32-14-9-10-20-40(32)45-41/h3-28H,1-2H3;1-26H/i1D3,3D,4D,5D,6D,7D,8D,9D,10D,11D,12D,13D,14D,15D,16D,17D,18D,19D,20D,21D,22D,23D,24D,25D,26D,27D;1D,2D,3D,4D,5D,6D,7D,8D,9D,10D,11D,12D,13D,14D,15D,16D,17D,18D,19D,20D,21D,22D,23D,24D,25D,26D. The third-order valence-electron chi connectivity index (χ3n) is 16.2. The Labute approximate surface area is 613 Å². The van der Waals surface area contributed by atoms with Gasteiger partial charge in [-0.3, -0.25) is 0 Å². The maximum Gasteiger partial charge on any atom is 0.135 e. The van der Waals surface area contributed by atoms with Crippen LogP contribution in [0.1, 0.15) is 98.9 Å². The van der Waals surface area contributed by atoms with Crippen LogP contribution in [-0.2, 0) is 5.41 Å².